The number of aliphatic imine (C=N–C) groups is 1. The average molecular weight is 295 g/mol. The highest BCUT2D eigenvalue weighted by atomic mass is 35.5. The maximum absolute atomic E-state index is 11.1. The van der Waals surface area contributed by atoms with Crippen LogP contribution in [0.25, 0.3) is 0 Å². The number of hydrogen-bond donors (Lipinski definition) is 2. The summed E-state index contributed by atoms with van der Waals surface area (Å²) in [6, 6.07) is 7.83. The number of amides is 1. The second kappa shape index (κ2) is 6.61. The first-order valence-electron chi connectivity index (χ1n) is 6.63. The molecule has 1 heterocycles. The van der Waals surface area contributed by atoms with E-state index in [-0.39, 0.29) is 17.7 Å². The number of benzene rings is 1. The first-order chi connectivity index (χ1) is 9.60. The lowest BCUT2D eigenvalue weighted by Crippen LogP contribution is -2.38. The summed E-state index contributed by atoms with van der Waals surface area (Å²) in [4.78, 5) is 17.6. The quantitative estimate of drug-likeness (QED) is 0.503. The van der Waals surface area contributed by atoms with Crippen molar-refractivity contribution in [1.82, 2.24) is 0 Å². The third-order valence-electron chi connectivity index (χ3n) is 3.52. The van der Waals surface area contributed by atoms with Crippen LogP contribution in [0.1, 0.15) is 12.8 Å². The summed E-state index contributed by atoms with van der Waals surface area (Å²) >= 11 is 5.59. The van der Waals surface area contributed by atoms with E-state index in [4.69, 9.17) is 23.1 Å². The van der Waals surface area contributed by atoms with E-state index in [9.17, 15) is 4.79 Å². The van der Waals surface area contributed by atoms with Gasteiger partial charge in [-0.1, -0.05) is 0 Å². The van der Waals surface area contributed by atoms with Gasteiger partial charge in [-0.25, -0.2) is 4.99 Å². The number of carbonyl (C=O) groups is 1. The SMILES string of the molecule is NC(=O)C1CCN(c2ccc(N=C(N)CCl)cc2)CC1. The maximum Gasteiger partial charge on any atom is 0.220 e. The first-order valence-corrected chi connectivity index (χ1v) is 7.17. The maximum atomic E-state index is 11.1. The molecule has 0 atom stereocenters. The standard InChI is InChI=1S/C14H19ClN4O/c15-9-13(16)18-11-1-3-12(4-2-11)19-7-5-10(6-8-19)14(17)20/h1-4,10H,5-9H2,(H2,16,18)(H2,17,20). The Morgan fingerprint density at radius 1 is 1.25 bits per heavy atom. The number of amidine groups is 1. The number of carbonyl (C=O) groups excluding carboxylic acids is 1. The van der Waals surface area contributed by atoms with E-state index in [1.54, 1.807) is 0 Å². The Hall–Kier alpha value is -1.75. The van der Waals surface area contributed by atoms with Gasteiger partial charge < -0.3 is 16.4 Å². The molecule has 6 heteroatoms. The van der Waals surface area contributed by atoms with E-state index in [2.05, 4.69) is 9.89 Å². The van der Waals surface area contributed by atoms with Gasteiger partial charge >= 0.3 is 0 Å². The van der Waals surface area contributed by atoms with Crippen LogP contribution in [0.5, 0.6) is 0 Å². The molecule has 108 valence electrons. The summed E-state index contributed by atoms with van der Waals surface area (Å²) < 4.78 is 0. The molecular formula is C14H19ClN4O. The molecule has 1 aliphatic rings. The van der Waals surface area contributed by atoms with Crippen molar-refractivity contribution < 1.29 is 4.79 Å². The van der Waals surface area contributed by atoms with E-state index >= 15 is 0 Å². The lowest BCUT2D eigenvalue weighted by atomic mass is 9.96. The van der Waals surface area contributed by atoms with E-state index in [1.165, 1.54) is 0 Å². The molecule has 2 rings (SSSR count). The predicted octanol–water partition coefficient (Wildman–Crippen LogP) is 1.62. The van der Waals surface area contributed by atoms with E-state index in [0.29, 0.717) is 5.84 Å². The zero-order valence-corrected chi connectivity index (χ0v) is 12.0. The minimum absolute atomic E-state index is 0.0126. The Bertz CT molecular complexity index is 492. The number of halogens is 1. The lowest BCUT2D eigenvalue weighted by Gasteiger charge is -2.32. The smallest absolute Gasteiger partial charge is 0.220 e. The van der Waals surface area contributed by atoms with Crippen molar-refractivity contribution in [2.75, 3.05) is 23.9 Å². The Kier molecular flexibility index (Phi) is 4.84. The van der Waals surface area contributed by atoms with Crippen LogP contribution in [0.2, 0.25) is 0 Å². The molecule has 0 aliphatic carbocycles. The van der Waals surface area contributed by atoms with Crippen LogP contribution in [0.4, 0.5) is 11.4 Å². The molecule has 0 radical (unpaired) electrons. The van der Waals surface area contributed by atoms with Crippen molar-refractivity contribution in [3.8, 4) is 0 Å². The van der Waals surface area contributed by atoms with Gasteiger partial charge in [-0.05, 0) is 37.1 Å². The number of nitrogens with two attached hydrogens (primary N) is 2. The van der Waals surface area contributed by atoms with Gasteiger partial charge in [0, 0.05) is 24.7 Å². The highest BCUT2D eigenvalue weighted by molar-refractivity contribution is 6.28. The van der Waals surface area contributed by atoms with Crippen molar-refractivity contribution in [3.05, 3.63) is 24.3 Å². The number of rotatable bonds is 4. The van der Waals surface area contributed by atoms with Crippen LogP contribution < -0.4 is 16.4 Å². The molecule has 0 spiro atoms. The lowest BCUT2D eigenvalue weighted by molar-refractivity contribution is -0.122. The summed E-state index contributed by atoms with van der Waals surface area (Å²) in [6.45, 7) is 1.69. The number of hydrogen-bond acceptors (Lipinski definition) is 3. The van der Waals surface area contributed by atoms with Crippen LogP contribution in [-0.4, -0.2) is 30.7 Å². The van der Waals surface area contributed by atoms with Crippen molar-refractivity contribution in [2.24, 2.45) is 22.4 Å². The molecular weight excluding hydrogens is 276 g/mol. The van der Waals surface area contributed by atoms with Crippen LogP contribution in [0.15, 0.2) is 29.3 Å². The van der Waals surface area contributed by atoms with Gasteiger partial charge in [0.25, 0.3) is 0 Å². The number of anilines is 1. The molecule has 0 bridgehead atoms. The molecule has 20 heavy (non-hydrogen) atoms. The molecule has 4 N–H and O–H groups in total. The van der Waals surface area contributed by atoms with Crippen LogP contribution in [0, 0.1) is 5.92 Å². The average Bonchev–Trinajstić information content (AvgIpc) is 2.48. The molecule has 5 nitrogen and oxygen atoms in total. The van der Waals surface area contributed by atoms with E-state index < -0.39 is 0 Å². The molecule has 1 aliphatic heterocycles. The monoisotopic (exact) mass is 294 g/mol. The normalized spacial score (nSPS) is 17.2. The number of primary amides is 1. The Balaban J connectivity index is 1.99. The fourth-order valence-corrected chi connectivity index (χ4v) is 2.42. The van der Waals surface area contributed by atoms with Crippen LogP contribution >= 0.6 is 11.6 Å². The Labute approximate surface area is 123 Å². The first kappa shape index (κ1) is 14.7. The van der Waals surface area contributed by atoms with Gasteiger partial charge in [0.15, 0.2) is 0 Å². The molecule has 0 unspecified atom stereocenters. The van der Waals surface area contributed by atoms with Crippen LogP contribution in [-0.2, 0) is 4.79 Å². The van der Waals surface area contributed by atoms with E-state index in [0.717, 1.165) is 37.3 Å². The number of piperidine rings is 1. The zero-order valence-electron chi connectivity index (χ0n) is 11.3. The highest BCUT2D eigenvalue weighted by Gasteiger charge is 2.23. The third kappa shape index (κ3) is 3.63. The molecule has 0 aromatic heterocycles. The fourth-order valence-electron chi connectivity index (χ4n) is 2.36. The van der Waals surface area contributed by atoms with Crippen molar-refractivity contribution in [2.45, 2.75) is 12.8 Å². The minimum atomic E-state index is -0.189. The number of nitrogens with zero attached hydrogens (tertiary/aromatic N) is 2. The second-order valence-corrected chi connectivity index (χ2v) is 5.18. The highest BCUT2D eigenvalue weighted by Crippen LogP contribution is 2.25. The van der Waals surface area contributed by atoms with Crippen LogP contribution in [0.3, 0.4) is 0 Å². The van der Waals surface area contributed by atoms with Crippen molar-refractivity contribution >= 4 is 34.7 Å². The summed E-state index contributed by atoms with van der Waals surface area (Å²) in [5, 5.41) is 0. The zero-order chi connectivity index (χ0) is 14.5. The van der Waals surface area contributed by atoms with Gasteiger partial charge in [-0.2, -0.15) is 0 Å². The van der Waals surface area contributed by atoms with Crippen molar-refractivity contribution in [1.29, 1.82) is 0 Å². The van der Waals surface area contributed by atoms with E-state index in [1.807, 2.05) is 24.3 Å². The summed E-state index contributed by atoms with van der Waals surface area (Å²) in [6.07, 6.45) is 1.63. The molecule has 1 aromatic rings. The minimum Gasteiger partial charge on any atom is -0.386 e. The van der Waals surface area contributed by atoms with Gasteiger partial charge in [0.1, 0.15) is 5.84 Å². The largest absolute Gasteiger partial charge is 0.386 e. The molecule has 1 fully saturated rings. The van der Waals surface area contributed by atoms with Gasteiger partial charge in [-0.3, -0.25) is 4.79 Å². The third-order valence-corrected chi connectivity index (χ3v) is 3.80. The molecule has 1 aromatic carbocycles. The summed E-state index contributed by atoms with van der Waals surface area (Å²) in [5.74, 6) is 0.453. The van der Waals surface area contributed by atoms with Gasteiger partial charge in [0.2, 0.25) is 5.91 Å². The second-order valence-electron chi connectivity index (χ2n) is 4.92. The topological polar surface area (TPSA) is 84.7 Å². The van der Waals surface area contributed by atoms with Gasteiger partial charge in [-0.15, -0.1) is 11.6 Å². The van der Waals surface area contributed by atoms with Crippen molar-refractivity contribution in [3.63, 3.8) is 0 Å². The predicted molar refractivity (Wildman–Crippen MR) is 82.6 cm³/mol. The Morgan fingerprint density at radius 3 is 2.35 bits per heavy atom. The molecule has 1 saturated heterocycles. The fraction of sp³-hybridized carbons (Fsp3) is 0.429. The summed E-state index contributed by atoms with van der Waals surface area (Å²) in [5.41, 5.74) is 12.8. The molecule has 0 saturated carbocycles. The summed E-state index contributed by atoms with van der Waals surface area (Å²) in [7, 11) is 0. The Morgan fingerprint density at radius 2 is 1.85 bits per heavy atom. The molecule has 1 amide bonds. The van der Waals surface area contributed by atoms with Gasteiger partial charge in [0.05, 0.1) is 11.6 Å². The number of alkyl halides is 1.